The second-order valence-electron chi connectivity index (χ2n) is 1.32. The van der Waals surface area contributed by atoms with Gasteiger partial charge in [-0.1, -0.05) is 0 Å². The van der Waals surface area contributed by atoms with Gasteiger partial charge in [0.05, 0.1) is 0 Å². The zero-order chi connectivity index (χ0) is 3.54. The molecule has 0 aromatic heterocycles. The maximum Gasteiger partial charge on any atom is 0.0466 e. The van der Waals surface area contributed by atoms with Gasteiger partial charge in [-0.3, -0.25) is 0 Å². The van der Waals surface area contributed by atoms with Crippen LogP contribution in [0.1, 0.15) is 12.8 Å². The first-order valence-corrected chi connectivity index (χ1v) is 2.08. The number of rotatable bonds is 0. The van der Waals surface area contributed by atoms with E-state index in [1.807, 2.05) is 0 Å². The fourth-order valence-corrected chi connectivity index (χ4v) is 0.510. The Morgan fingerprint density at radius 1 is 1.00 bits per heavy atom. The molecule has 1 aliphatic heterocycles. The fraction of sp³-hybridized carbons (Fsp3) is 1.00. The second kappa shape index (κ2) is 4.47. The molecule has 0 saturated carbocycles. The van der Waals surface area contributed by atoms with Crippen LogP contribution in [-0.4, -0.2) is 13.2 Å². The summed E-state index contributed by atoms with van der Waals surface area (Å²) in [6.07, 6.45) is 2.56. The van der Waals surface area contributed by atoms with E-state index in [4.69, 9.17) is 4.74 Å². The maximum absolute atomic E-state index is 4.94. The molecular weight excluding hydrogens is 208 g/mol. The van der Waals surface area contributed by atoms with E-state index in [0.29, 0.717) is 0 Å². The van der Waals surface area contributed by atoms with E-state index in [1.54, 1.807) is 0 Å². The molecule has 0 unspecified atom stereocenters. The zero-order valence-corrected chi connectivity index (χ0v) is 6.94. The Bertz CT molecular complexity index is 19.1. The van der Waals surface area contributed by atoms with Crippen LogP contribution in [0.3, 0.4) is 0 Å². The fourth-order valence-electron chi connectivity index (χ4n) is 0.510. The van der Waals surface area contributed by atoms with Crippen LogP contribution >= 0.6 is 0 Å². The van der Waals surface area contributed by atoms with Crippen molar-refractivity contribution in [2.24, 2.45) is 0 Å². The van der Waals surface area contributed by atoms with Crippen LogP contribution in [0, 0.1) is 40.8 Å². The molecule has 1 saturated heterocycles. The quantitative estimate of drug-likeness (QED) is 0.582. The summed E-state index contributed by atoms with van der Waals surface area (Å²) in [5.74, 6) is 0. The minimum Gasteiger partial charge on any atom is -0.381 e. The van der Waals surface area contributed by atoms with Crippen LogP contribution in [0.15, 0.2) is 0 Å². The van der Waals surface area contributed by atoms with Crippen LogP contribution in [0.4, 0.5) is 0 Å². The predicted molar refractivity (Wildman–Crippen MR) is 20.1 cm³/mol. The van der Waals surface area contributed by atoms with Gasteiger partial charge in [-0.25, -0.2) is 0 Å². The van der Waals surface area contributed by atoms with E-state index in [-0.39, 0.29) is 40.8 Å². The first-order valence-electron chi connectivity index (χ1n) is 2.08. The van der Waals surface area contributed by atoms with Crippen molar-refractivity contribution >= 4 is 0 Å². The molecule has 1 aliphatic rings. The summed E-state index contributed by atoms with van der Waals surface area (Å²) >= 11 is 0. The third-order valence-corrected chi connectivity index (χ3v) is 0.827. The first kappa shape index (κ1) is 7.31. The van der Waals surface area contributed by atoms with Crippen LogP contribution in [-0.2, 0) is 4.74 Å². The molecule has 1 nitrogen and oxygen atoms in total. The minimum atomic E-state index is 0. The Morgan fingerprint density at radius 2 is 1.50 bits per heavy atom. The van der Waals surface area contributed by atoms with Crippen molar-refractivity contribution in [2.45, 2.75) is 12.8 Å². The van der Waals surface area contributed by atoms with Gasteiger partial charge >= 0.3 is 0 Å². The summed E-state index contributed by atoms with van der Waals surface area (Å²) < 4.78 is 4.94. The van der Waals surface area contributed by atoms with Crippen LogP contribution in [0.2, 0.25) is 0 Å². The SMILES string of the molecule is C1CCOC1.[Nd]. The average Bonchev–Trinajstić information content (AvgIpc) is 1.76. The van der Waals surface area contributed by atoms with Crippen molar-refractivity contribution in [3.63, 3.8) is 0 Å². The third-order valence-electron chi connectivity index (χ3n) is 0.827. The molecule has 0 aromatic rings. The van der Waals surface area contributed by atoms with E-state index in [1.165, 1.54) is 12.8 Å². The van der Waals surface area contributed by atoms with Crippen LogP contribution < -0.4 is 0 Å². The Labute approximate surface area is 71.0 Å². The van der Waals surface area contributed by atoms with E-state index in [9.17, 15) is 0 Å². The molecule has 0 spiro atoms. The second-order valence-corrected chi connectivity index (χ2v) is 1.32. The van der Waals surface area contributed by atoms with Crippen molar-refractivity contribution in [2.75, 3.05) is 13.2 Å². The third kappa shape index (κ3) is 2.48. The molecule has 34 valence electrons. The molecule has 1 rings (SSSR count). The van der Waals surface area contributed by atoms with Gasteiger partial charge in [-0.05, 0) is 12.8 Å². The van der Waals surface area contributed by atoms with Crippen molar-refractivity contribution in [1.82, 2.24) is 0 Å². The average molecular weight is 216 g/mol. The monoisotopic (exact) mass is 214 g/mol. The molecule has 0 bridgehead atoms. The summed E-state index contributed by atoms with van der Waals surface area (Å²) in [5, 5.41) is 0. The summed E-state index contributed by atoms with van der Waals surface area (Å²) in [6.45, 7) is 2.00. The summed E-state index contributed by atoms with van der Waals surface area (Å²) in [7, 11) is 0. The summed E-state index contributed by atoms with van der Waals surface area (Å²) in [4.78, 5) is 0. The molecule has 0 aromatic carbocycles. The molecule has 2 heteroatoms. The smallest absolute Gasteiger partial charge is 0.0466 e. The van der Waals surface area contributed by atoms with Gasteiger partial charge in [-0.15, -0.1) is 0 Å². The van der Waals surface area contributed by atoms with Crippen molar-refractivity contribution < 1.29 is 45.6 Å². The number of hydrogen-bond donors (Lipinski definition) is 0. The Kier molecular flexibility index (Phi) is 5.45. The molecule has 0 N–H and O–H groups in total. The van der Waals surface area contributed by atoms with Gasteiger partial charge in [-0.2, -0.15) is 0 Å². The molecule has 6 heavy (non-hydrogen) atoms. The van der Waals surface area contributed by atoms with E-state index in [2.05, 4.69) is 0 Å². The Morgan fingerprint density at radius 3 is 1.67 bits per heavy atom. The molecule has 0 radical (unpaired) electrons. The van der Waals surface area contributed by atoms with Crippen LogP contribution in [0.25, 0.3) is 0 Å². The topological polar surface area (TPSA) is 9.23 Å². The van der Waals surface area contributed by atoms with E-state index >= 15 is 0 Å². The molecule has 1 heterocycles. The first-order chi connectivity index (χ1) is 2.50. The standard InChI is InChI=1S/C4H8O.Nd/c1-2-4-5-3-1;/h1-4H2;. The maximum atomic E-state index is 4.94. The molecule has 1 fully saturated rings. The van der Waals surface area contributed by atoms with Gasteiger partial charge in [0.25, 0.3) is 0 Å². The van der Waals surface area contributed by atoms with Crippen LogP contribution in [0.5, 0.6) is 0 Å². The largest absolute Gasteiger partial charge is 0.381 e. The van der Waals surface area contributed by atoms with Gasteiger partial charge in [0.2, 0.25) is 0 Å². The van der Waals surface area contributed by atoms with Gasteiger partial charge < -0.3 is 4.74 Å². The van der Waals surface area contributed by atoms with E-state index < -0.39 is 0 Å². The Balaban J connectivity index is 0.000000250. The summed E-state index contributed by atoms with van der Waals surface area (Å²) in [5.41, 5.74) is 0. The Hall–Kier alpha value is 1.31. The molecule has 0 atom stereocenters. The number of hydrogen-bond acceptors (Lipinski definition) is 1. The molecule has 0 amide bonds. The van der Waals surface area contributed by atoms with Gasteiger partial charge in [0, 0.05) is 54.1 Å². The van der Waals surface area contributed by atoms with E-state index in [0.717, 1.165) is 13.2 Å². The van der Waals surface area contributed by atoms with Crippen molar-refractivity contribution in [3.05, 3.63) is 0 Å². The van der Waals surface area contributed by atoms with Gasteiger partial charge in [0.1, 0.15) is 0 Å². The van der Waals surface area contributed by atoms with Gasteiger partial charge in [0.15, 0.2) is 0 Å². The molecular formula is C4H8NdO. The summed E-state index contributed by atoms with van der Waals surface area (Å²) in [6, 6.07) is 0. The molecule has 0 aliphatic carbocycles. The predicted octanol–water partition coefficient (Wildman–Crippen LogP) is 0.797. The number of ether oxygens (including phenoxy) is 1. The minimum absolute atomic E-state index is 0. The van der Waals surface area contributed by atoms with Crippen molar-refractivity contribution in [1.29, 1.82) is 0 Å². The normalized spacial score (nSPS) is 20.0. The van der Waals surface area contributed by atoms with Crippen molar-refractivity contribution in [3.8, 4) is 0 Å². The zero-order valence-electron chi connectivity index (χ0n) is 3.74.